The van der Waals surface area contributed by atoms with Gasteiger partial charge in [0.15, 0.2) is 0 Å². The molecule has 1 atom stereocenters. The smallest absolute Gasteiger partial charge is 0.241 e. The first kappa shape index (κ1) is 21.4. The zero-order valence-corrected chi connectivity index (χ0v) is 17.2. The number of carbonyl (C=O) groups excluding carboxylic acids is 1. The molecule has 29 heavy (non-hydrogen) atoms. The maximum Gasteiger partial charge on any atom is 0.241 e. The standard InChI is InChI=1S/C21H26FN3O3S/c1-16(24-29(27,28)20-9-7-18(22)8-10-20)21(26)23-19-11-13-25(14-12-19)15-17-5-3-2-4-6-17/h2-10,16,19,24H,11-15H2,1H3,(H,23,26)/t16-/m0/s1. The van der Waals surface area contributed by atoms with Crippen LogP contribution in [0.1, 0.15) is 25.3 Å². The van der Waals surface area contributed by atoms with Crippen LogP contribution in [0.5, 0.6) is 0 Å². The Hall–Kier alpha value is -2.29. The van der Waals surface area contributed by atoms with E-state index in [0.717, 1.165) is 44.6 Å². The third-order valence-electron chi connectivity index (χ3n) is 5.03. The largest absolute Gasteiger partial charge is 0.352 e. The lowest BCUT2D eigenvalue weighted by Crippen LogP contribution is -2.50. The zero-order chi connectivity index (χ0) is 20.9. The summed E-state index contributed by atoms with van der Waals surface area (Å²) >= 11 is 0. The lowest BCUT2D eigenvalue weighted by atomic mass is 10.0. The minimum absolute atomic E-state index is 0.0206. The van der Waals surface area contributed by atoms with Crippen LogP contribution in [0.2, 0.25) is 0 Å². The number of halogens is 1. The number of carbonyl (C=O) groups is 1. The van der Waals surface area contributed by atoms with E-state index in [2.05, 4.69) is 27.1 Å². The van der Waals surface area contributed by atoms with E-state index >= 15 is 0 Å². The molecule has 2 aromatic carbocycles. The van der Waals surface area contributed by atoms with Gasteiger partial charge in [-0.15, -0.1) is 0 Å². The van der Waals surface area contributed by atoms with Crippen LogP contribution in [0.25, 0.3) is 0 Å². The molecule has 0 bridgehead atoms. The van der Waals surface area contributed by atoms with Gasteiger partial charge in [-0.1, -0.05) is 30.3 Å². The lowest BCUT2D eigenvalue weighted by Gasteiger charge is -2.33. The average molecular weight is 420 g/mol. The molecule has 1 amide bonds. The second-order valence-corrected chi connectivity index (χ2v) is 9.06. The van der Waals surface area contributed by atoms with Crippen LogP contribution in [-0.4, -0.2) is 44.4 Å². The van der Waals surface area contributed by atoms with Crippen LogP contribution >= 0.6 is 0 Å². The van der Waals surface area contributed by atoms with Crippen molar-refractivity contribution in [1.82, 2.24) is 14.9 Å². The number of piperidine rings is 1. The van der Waals surface area contributed by atoms with E-state index in [4.69, 9.17) is 0 Å². The molecule has 2 N–H and O–H groups in total. The molecule has 6 nitrogen and oxygen atoms in total. The summed E-state index contributed by atoms with van der Waals surface area (Å²) in [4.78, 5) is 14.7. The van der Waals surface area contributed by atoms with Crippen LogP contribution < -0.4 is 10.0 Å². The topological polar surface area (TPSA) is 78.5 Å². The first-order valence-corrected chi connectivity index (χ1v) is 11.2. The molecule has 0 unspecified atom stereocenters. The average Bonchev–Trinajstić information content (AvgIpc) is 2.70. The van der Waals surface area contributed by atoms with Crippen LogP contribution in [0.3, 0.4) is 0 Å². The Morgan fingerprint density at radius 1 is 1.10 bits per heavy atom. The van der Waals surface area contributed by atoms with Crippen LogP contribution in [-0.2, 0) is 21.4 Å². The third-order valence-corrected chi connectivity index (χ3v) is 6.59. The fourth-order valence-corrected chi connectivity index (χ4v) is 4.57. The van der Waals surface area contributed by atoms with Gasteiger partial charge in [-0.3, -0.25) is 9.69 Å². The first-order chi connectivity index (χ1) is 13.8. The summed E-state index contributed by atoms with van der Waals surface area (Å²) in [6.45, 7) is 4.13. The number of amides is 1. The monoisotopic (exact) mass is 419 g/mol. The van der Waals surface area contributed by atoms with Gasteiger partial charge in [-0.05, 0) is 49.6 Å². The Labute approximate surface area is 171 Å². The molecule has 0 aliphatic carbocycles. The second-order valence-electron chi connectivity index (χ2n) is 7.34. The van der Waals surface area contributed by atoms with Crippen LogP contribution in [0, 0.1) is 5.82 Å². The summed E-state index contributed by atoms with van der Waals surface area (Å²) in [5.41, 5.74) is 1.26. The van der Waals surface area contributed by atoms with Gasteiger partial charge < -0.3 is 5.32 Å². The number of nitrogens with zero attached hydrogens (tertiary/aromatic N) is 1. The molecule has 1 saturated heterocycles. The summed E-state index contributed by atoms with van der Waals surface area (Å²) in [6, 6.07) is 13.8. The summed E-state index contributed by atoms with van der Waals surface area (Å²) in [5, 5.41) is 2.93. The normalized spacial score (nSPS) is 17.0. The van der Waals surface area contributed by atoms with E-state index in [1.807, 2.05) is 18.2 Å². The van der Waals surface area contributed by atoms with Crippen molar-refractivity contribution in [3.8, 4) is 0 Å². The molecule has 156 valence electrons. The van der Waals surface area contributed by atoms with Gasteiger partial charge in [-0.25, -0.2) is 12.8 Å². The number of nitrogens with one attached hydrogen (secondary N) is 2. The fourth-order valence-electron chi connectivity index (χ4n) is 3.37. The lowest BCUT2D eigenvalue weighted by molar-refractivity contribution is -0.123. The molecular weight excluding hydrogens is 393 g/mol. The van der Waals surface area contributed by atoms with Crippen LogP contribution in [0.4, 0.5) is 4.39 Å². The molecule has 8 heteroatoms. The fraction of sp³-hybridized carbons (Fsp3) is 0.381. The minimum Gasteiger partial charge on any atom is -0.352 e. The van der Waals surface area contributed by atoms with Gasteiger partial charge in [0.1, 0.15) is 5.82 Å². The van der Waals surface area contributed by atoms with E-state index < -0.39 is 21.9 Å². The number of likely N-dealkylation sites (tertiary alicyclic amines) is 1. The zero-order valence-electron chi connectivity index (χ0n) is 16.3. The van der Waals surface area contributed by atoms with Crippen molar-refractivity contribution < 1.29 is 17.6 Å². The summed E-state index contributed by atoms with van der Waals surface area (Å²) in [6.07, 6.45) is 1.63. The Morgan fingerprint density at radius 3 is 2.34 bits per heavy atom. The molecule has 2 aromatic rings. The maximum atomic E-state index is 13.0. The number of hydrogen-bond acceptors (Lipinski definition) is 4. The number of sulfonamides is 1. The quantitative estimate of drug-likeness (QED) is 0.722. The summed E-state index contributed by atoms with van der Waals surface area (Å²) in [5.74, 6) is -0.884. The number of rotatable bonds is 7. The highest BCUT2D eigenvalue weighted by Crippen LogP contribution is 2.14. The molecule has 1 aliphatic heterocycles. The van der Waals surface area contributed by atoms with Crippen molar-refractivity contribution in [2.75, 3.05) is 13.1 Å². The number of hydrogen-bond donors (Lipinski definition) is 2. The molecule has 1 aliphatic rings. The second kappa shape index (κ2) is 9.47. The van der Waals surface area contributed by atoms with Crippen molar-refractivity contribution in [2.45, 2.75) is 43.3 Å². The Kier molecular flexibility index (Phi) is 7.00. The predicted octanol–water partition coefficient (Wildman–Crippen LogP) is 2.27. The van der Waals surface area contributed by atoms with Crippen molar-refractivity contribution >= 4 is 15.9 Å². The first-order valence-electron chi connectivity index (χ1n) is 9.68. The Balaban J connectivity index is 1.47. The molecular formula is C21H26FN3O3S. The van der Waals surface area contributed by atoms with Gasteiger partial charge in [0.05, 0.1) is 10.9 Å². The van der Waals surface area contributed by atoms with E-state index in [-0.39, 0.29) is 16.8 Å². The van der Waals surface area contributed by atoms with Gasteiger partial charge in [0, 0.05) is 25.7 Å². The highest BCUT2D eigenvalue weighted by atomic mass is 32.2. The molecule has 1 fully saturated rings. The summed E-state index contributed by atoms with van der Waals surface area (Å²) < 4.78 is 40.0. The van der Waals surface area contributed by atoms with Gasteiger partial charge >= 0.3 is 0 Å². The van der Waals surface area contributed by atoms with Crippen molar-refractivity contribution in [1.29, 1.82) is 0 Å². The molecule has 0 radical (unpaired) electrons. The van der Waals surface area contributed by atoms with Crippen LogP contribution in [0.15, 0.2) is 59.5 Å². The maximum absolute atomic E-state index is 13.0. The van der Waals surface area contributed by atoms with Gasteiger partial charge in [-0.2, -0.15) is 4.72 Å². The number of benzene rings is 2. The molecule has 0 spiro atoms. The van der Waals surface area contributed by atoms with E-state index in [0.29, 0.717) is 0 Å². The molecule has 0 aromatic heterocycles. The van der Waals surface area contributed by atoms with Gasteiger partial charge in [0.25, 0.3) is 0 Å². The third kappa shape index (κ3) is 6.09. The van der Waals surface area contributed by atoms with E-state index in [9.17, 15) is 17.6 Å². The molecule has 1 heterocycles. The summed E-state index contributed by atoms with van der Waals surface area (Å²) in [7, 11) is -3.89. The van der Waals surface area contributed by atoms with Crippen molar-refractivity contribution in [3.05, 3.63) is 66.0 Å². The predicted molar refractivity (Wildman–Crippen MR) is 109 cm³/mol. The molecule has 0 saturated carbocycles. The van der Waals surface area contributed by atoms with Gasteiger partial charge in [0.2, 0.25) is 15.9 Å². The Bertz CT molecular complexity index is 912. The molecule has 3 rings (SSSR count). The van der Waals surface area contributed by atoms with E-state index in [1.165, 1.54) is 24.6 Å². The Morgan fingerprint density at radius 2 is 1.72 bits per heavy atom. The van der Waals surface area contributed by atoms with E-state index in [1.54, 1.807) is 0 Å². The highest BCUT2D eigenvalue weighted by Gasteiger charge is 2.26. The SMILES string of the molecule is C[C@H](NS(=O)(=O)c1ccc(F)cc1)C(=O)NC1CCN(Cc2ccccc2)CC1. The highest BCUT2D eigenvalue weighted by molar-refractivity contribution is 7.89. The minimum atomic E-state index is -3.89. The van der Waals surface area contributed by atoms with Crippen molar-refractivity contribution in [2.24, 2.45) is 0 Å². The van der Waals surface area contributed by atoms with Crippen molar-refractivity contribution in [3.63, 3.8) is 0 Å².